The molecule has 0 aromatic heterocycles. The molecule has 22 heavy (non-hydrogen) atoms. The van der Waals surface area contributed by atoms with Crippen LogP contribution in [0.4, 0.5) is 5.69 Å². The monoisotopic (exact) mass is 293 g/mol. The number of nitrogens with zero attached hydrogens (tertiary/aromatic N) is 1. The van der Waals surface area contributed by atoms with Gasteiger partial charge in [0.1, 0.15) is 5.75 Å². The number of hydrogen-bond donors (Lipinski definition) is 1. The smallest absolute Gasteiger partial charge is 0.115 e. The molecule has 2 nitrogen and oxygen atoms in total. The van der Waals surface area contributed by atoms with Crippen LogP contribution in [0.1, 0.15) is 31.9 Å². The molecule has 2 aromatic carbocycles. The average Bonchev–Trinajstić information content (AvgIpc) is 2.74. The van der Waals surface area contributed by atoms with Crippen molar-refractivity contribution in [3.8, 4) is 5.75 Å². The van der Waals surface area contributed by atoms with Crippen LogP contribution in [0.25, 0.3) is 6.08 Å². The highest BCUT2D eigenvalue weighted by atomic mass is 16.3. The number of phenolic OH excluding ortho intramolecular Hbond substituents is 1. The van der Waals surface area contributed by atoms with Gasteiger partial charge in [-0.15, -0.1) is 0 Å². The lowest BCUT2D eigenvalue weighted by atomic mass is 9.80. The summed E-state index contributed by atoms with van der Waals surface area (Å²) in [5.74, 6) is 0.306. The van der Waals surface area contributed by atoms with Crippen LogP contribution in [-0.4, -0.2) is 17.7 Å². The molecular formula is C20H23NO. The van der Waals surface area contributed by atoms with Gasteiger partial charge in [-0.05, 0) is 36.2 Å². The van der Waals surface area contributed by atoms with Crippen LogP contribution in [-0.2, 0) is 5.41 Å². The Morgan fingerprint density at radius 3 is 2.45 bits per heavy atom. The fourth-order valence-electron chi connectivity index (χ4n) is 3.47. The normalized spacial score (nSPS) is 19.6. The highest BCUT2D eigenvalue weighted by Gasteiger charge is 2.42. The number of hydrogen-bond acceptors (Lipinski definition) is 2. The van der Waals surface area contributed by atoms with Gasteiger partial charge in [0.2, 0.25) is 0 Å². The summed E-state index contributed by atoms with van der Waals surface area (Å²) < 4.78 is 0. The van der Waals surface area contributed by atoms with E-state index in [0.29, 0.717) is 11.8 Å². The van der Waals surface area contributed by atoms with E-state index >= 15 is 0 Å². The van der Waals surface area contributed by atoms with E-state index in [1.165, 1.54) is 11.3 Å². The zero-order valence-electron chi connectivity index (χ0n) is 13.5. The van der Waals surface area contributed by atoms with E-state index in [4.69, 9.17) is 0 Å². The van der Waals surface area contributed by atoms with Crippen LogP contribution >= 0.6 is 0 Å². The summed E-state index contributed by atoms with van der Waals surface area (Å²) in [6.07, 6.45) is 4.44. The standard InChI is InChI=1S/C20H23NO/c1-4-21-18-8-6-5-7-17(18)20(2,3)19(21)14-11-15-9-12-16(22)13-10-15/h5-14,19,22H,4H2,1-3H3. The first-order valence-corrected chi connectivity index (χ1v) is 7.87. The molecule has 0 radical (unpaired) electrons. The van der Waals surface area contributed by atoms with Crippen molar-refractivity contribution >= 4 is 11.8 Å². The second kappa shape index (κ2) is 5.53. The number of phenols is 1. The van der Waals surface area contributed by atoms with Crippen molar-refractivity contribution in [2.24, 2.45) is 0 Å². The minimum atomic E-state index is 0.0834. The lowest BCUT2D eigenvalue weighted by Crippen LogP contribution is -2.39. The average molecular weight is 293 g/mol. The second-order valence-electron chi connectivity index (χ2n) is 6.42. The molecule has 0 saturated heterocycles. The highest BCUT2D eigenvalue weighted by Crippen LogP contribution is 2.45. The molecule has 1 aliphatic heterocycles. The van der Waals surface area contributed by atoms with Crippen molar-refractivity contribution in [2.45, 2.75) is 32.2 Å². The summed E-state index contributed by atoms with van der Waals surface area (Å²) in [6.45, 7) is 7.82. The number of benzene rings is 2. The van der Waals surface area contributed by atoms with Gasteiger partial charge in [-0.1, -0.05) is 56.3 Å². The number of anilines is 1. The third-order valence-electron chi connectivity index (χ3n) is 4.69. The molecule has 0 aliphatic carbocycles. The SMILES string of the molecule is CCN1c2ccccc2C(C)(C)C1C=Cc1ccc(O)cc1. The third-order valence-corrected chi connectivity index (χ3v) is 4.69. The van der Waals surface area contributed by atoms with Gasteiger partial charge in [0.15, 0.2) is 0 Å². The summed E-state index contributed by atoms with van der Waals surface area (Å²) in [6, 6.07) is 16.4. The van der Waals surface area contributed by atoms with E-state index in [-0.39, 0.29) is 5.41 Å². The predicted molar refractivity (Wildman–Crippen MR) is 93.4 cm³/mol. The molecule has 0 fully saturated rings. The summed E-state index contributed by atoms with van der Waals surface area (Å²) in [5.41, 5.74) is 3.95. The largest absolute Gasteiger partial charge is 0.508 e. The summed E-state index contributed by atoms with van der Waals surface area (Å²) in [5, 5.41) is 9.39. The minimum absolute atomic E-state index is 0.0834. The Kier molecular flexibility index (Phi) is 3.69. The Bertz CT molecular complexity index is 685. The maximum atomic E-state index is 9.39. The first-order valence-electron chi connectivity index (χ1n) is 7.87. The first kappa shape index (κ1) is 14.7. The van der Waals surface area contributed by atoms with Crippen LogP contribution in [0.3, 0.4) is 0 Å². The molecule has 1 N–H and O–H groups in total. The van der Waals surface area contributed by atoms with E-state index in [1.807, 2.05) is 12.1 Å². The van der Waals surface area contributed by atoms with Crippen molar-refractivity contribution in [1.82, 2.24) is 0 Å². The van der Waals surface area contributed by atoms with Crippen LogP contribution in [0.15, 0.2) is 54.6 Å². The molecule has 1 heterocycles. The summed E-state index contributed by atoms with van der Waals surface area (Å²) in [7, 11) is 0. The van der Waals surface area contributed by atoms with E-state index in [1.54, 1.807) is 12.1 Å². The van der Waals surface area contributed by atoms with Gasteiger partial charge >= 0.3 is 0 Å². The second-order valence-corrected chi connectivity index (χ2v) is 6.42. The Morgan fingerprint density at radius 2 is 1.77 bits per heavy atom. The maximum Gasteiger partial charge on any atom is 0.115 e. The van der Waals surface area contributed by atoms with Crippen molar-refractivity contribution in [3.63, 3.8) is 0 Å². The van der Waals surface area contributed by atoms with Gasteiger partial charge < -0.3 is 10.0 Å². The molecule has 0 bridgehead atoms. The first-order chi connectivity index (χ1) is 10.5. The van der Waals surface area contributed by atoms with Gasteiger partial charge in [-0.2, -0.15) is 0 Å². The maximum absolute atomic E-state index is 9.39. The molecule has 2 aromatic rings. The van der Waals surface area contributed by atoms with Gasteiger partial charge in [-0.25, -0.2) is 0 Å². The third kappa shape index (κ3) is 2.39. The topological polar surface area (TPSA) is 23.5 Å². The van der Waals surface area contributed by atoms with E-state index < -0.39 is 0 Å². The van der Waals surface area contributed by atoms with Crippen LogP contribution in [0.2, 0.25) is 0 Å². The molecule has 0 spiro atoms. The number of aromatic hydroxyl groups is 1. The van der Waals surface area contributed by atoms with E-state index in [2.05, 4.69) is 62.1 Å². The number of fused-ring (bicyclic) bond motifs is 1. The van der Waals surface area contributed by atoms with Crippen molar-refractivity contribution in [3.05, 3.63) is 65.7 Å². The molecule has 0 saturated carbocycles. The van der Waals surface area contributed by atoms with Crippen molar-refractivity contribution < 1.29 is 5.11 Å². The Morgan fingerprint density at radius 1 is 1.09 bits per heavy atom. The Balaban J connectivity index is 1.95. The molecule has 2 heteroatoms. The molecule has 1 atom stereocenters. The van der Waals surface area contributed by atoms with Crippen LogP contribution in [0, 0.1) is 0 Å². The number of likely N-dealkylation sites (N-methyl/N-ethyl adjacent to an activating group) is 1. The van der Waals surface area contributed by atoms with Gasteiger partial charge in [0.25, 0.3) is 0 Å². The molecule has 1 unspecified atom stereocenters. The van der Waals surface area contributed by atoms with Gasteiger partial charge in [0.05, 0.1) is 6.04 Å². The quantitative estimate of drug-likeness (QED) is 0.894. The lowest BCUT2D eigenvalue weighted by molar-refractivity contribution is 0.475. The summed E-state index contributed by atoms with van der Waals surface area (Å²) in [4.78, 5) is 2.46. The van der Waals surface area contributed by atoms with Crippen LogP contribution < -0.4 is 4.90 Å². The summed E-state index contributed by atoms with van der Waals surface area (Å²) >= 11 is 0. The fourth-order valence-corrected chi connectivity index (χ4v) is 3.47. The van der Waals surface area contributed by atoms with E-state index in [0.717, 1.165) is 12.1 Å². The van der Waals surface area contributed by atoms with Gasteiger partial charge in [0, 0.05) is 17.6 Å². The van der Waals surface area contributed by atoms with Crippen molar-refractivity contribution in [1.29, 1.82) is 0 Å². The predicted octanol–water partition coefficient (Wildman–Crippen LogP) is 4.59. The number of para-hydroxylation sites is 1. The lowest BCUT2D eigenvalue weighted by Gasteiger charge is -2.31. The Hall–Kier alpha value is -2.22. The van der Waals surface area contributed by atoms with E-state index in [9.17, 15) is 5.11 Å². The zero-order chi connectivity index (χ0) is 15.7. The van der Waals surface area contributed by atoms with Gasteiger partial charge in [-0.3, -0.25) is 0 Å². The Labute approximate surface area is 132 Å². The fraction of sp³-hybridized carbons (Fsp3) is 0.300. The van der Waals surface area contributed by atoms with Crippen molar-refractivity contribution in [2.75, 3.05) is 11.4 Å². The zero-order valence-corrected chi connectivity index (χ0v) is 13.5. The van der Waals surface area contributed by atoms with Crippen LogP contribution in [0.5, 0.6) is 5.75 Å². The minimum Gasteiger partial charge on any atom is -0.508 e. The number of rotatable bonds is 3. The molecule has 3 rings (SSSR count). The molecular weight excluding hydrogens is 270 g/mol. The molecule has 0 amide bonds. The highest BCUT2D eigenvalue weighted by molar-refractivity contribution is 5.67. The molecule has 1 aliphatic rings. The molecule has 114 valence electrons.